The highest BCUT2D eigenvalue weighted by atomic mass is 19.1. The Morgan fingerprint density at radius 3 is 2.52 bits per heavy atom. The zero-order chi connectivity index (χ0) is 17.6. The van der Waals surface area contributed by atoms with Gasteiger partial charge in [0.05, 0.1) is 18.5 Å². The molecule has 7 heteroatoms. The van der Waals surface area contributed by atoms with Gasteiger partial charge in [0.1, 0.15) is 29.4 Å². The molecule has 0 spiro atoms. The molecule has 0 aliphatic carbocycles. The van der Waals surface area contributed by atoms with Gasteiger partial charge in [0.25, 0.3) is 5.91 Å². The SMILES string of the molecule is COc1ccccc1Nc1cc(C(=O)Nc2ccccc2F)ncn1. The summed E-state index contributed by atoms with van der Waals surface area (Å²) < 4.78 is 18.9. The summed E-state index contributed by atoms with van der Waals surface area (Å²) in [6.45, 7) is 0. The predicted molar refractivity (Wildman–Crippen MR) is 92.7 cm³/mol. The molecule has 25 heavy (non-hydrogen) atoms. The Kier molecular flexibility index (Phi) is 4.84. The molecule has 0 saturated heterocycles. The van der Waals surface area contributed by atoms with E-state index in [9.17, 15) is 9.18 Å². The smallest absolute Gasteiger partial charge is 0.274 e. The number of benzene rings is 2. The Balaban J connectivity index is 1.79. The topological polar surface area (TPSA) is 76.1 Å². The third-order valence-electron chi connectivity index (χ3n) is 3.39. The fourth-order valence-corrected chi connectivity index (χ4v) is 2.18. The molecule has 1 amide bonds. The van der Waals surface area contributed by atoms with Crippen molar-refractivity contribution in [2.24, 2.45) is 0 Å². The monoisotopic (exact) mass is 338 g/mol. The maximum absolute atomic E-state index is 13.6. The summed E-state index contributed by atoms with van der Waals surface area (Å²) in [5.74, 6) is 0.00417. The van der Waals surface area contributed by atoms with Crippen molar-refractivity contribution in [1.82, 2.24) is 9.97 Å². The minimum atomic E-state index is -0.532. The molecule has 1 heterocycles. The Morgan fingerprint density at radius 1 is 1.04 bits per heavy atom. The minimum absolute atomic E-state index is 0.0883. The van der Waals surface area contributed by atoms with Gasteiger partial charge in [-0.05, 0) is 24.3 Å². The first-order valence-corrected chi connectivity index (χ1v) is 7.45. The highest BCUT2D eigenvalue weighted by Gasteiger charge is 2.12. The second-order valence-corrected chi connectivity index (χ2v) is 5.05. The van der Waals surface area contributed by atoms with Crippen LogP contribution in [0.2, 0.25) is 0 Å². The summed E-state index contributed by atoms with van der Waals surface area (Å²) in [6, 6.07) is 14.7. The van der Waals surface area contributed by atoms with Crippen LogP contribution in [-0.4, -0.2) is 23.0 Å². The van der Waals surface area contributed by atoms with Crippen LogP contribution >= 0.6 is 0 Å². The van der Waals surface area contributed by atoms with Crippen molar-refractivity contribution in [1.29, 1.82) is 0 Å². The molecule has 3 rings (SSSR count). The van der Waals surface area contributed by atoms with E-state index in [-0.39, 0.29) is 11.4 Å². The van der Waals surface area contributed by atoms with Gasteiger partial charge in [-0.3, -0.25) is 4.79 Å². The highest BCUT2D eigenvalue weighted by molar-refractivity contribution is 6.03. The lowest BCUT2D eigenvalue weighted by molar-refractivity contribution is 0.102. The number of hydrogen-bond donors (Lipinski definition) is 2. The van der Waals surface area contributed by atoms with Crippen molar-refractivity contribution >= 4 is 23.1 Å². The van der Waals surface area contributed by atoms with E-state index in [0.717, 1.165) is 0 Å². The van der Waals surface area contributed by atoms with Crippen molar-refractivity contribution in [3.63, 3.8) is 0 Å². The summed E-state index contributed by atoms with van der Waals surface area (Å²) in [5, 5.41) is 5.55. The standard InChI is InChI=1S/C18H15FN4O2/c1-25-16-9-5-4-8-14(16)22-17-10-15(20-11-21-17)18(24)23-13-7-3-2-6-12(13)19/h2-11H,1H3,(H,23,24)(H,20,21,22). The van der Waals surface area contributed by atoms with E-state index in [2.05, 4.69) is 20.6 Å². The van der Waals surface area contributed by atoms with Crippen LogP contribution in [0.25, 0.3) is 0 Å². The molecule has 0 fully saturated rings. The van der Waals surface area contributed by atoms with Crippen LogP contribution in [0.3, 0.4) is 0 Å². The number of rotatable bonds is 5. The number of nitrogens with one attached hydrogen (secondary N) is 2. The Morgan fingerprint density at radius 2 is 1.76 bits per heavy atom. The second kappa shape index (κ2) is 7.39. The first-order chi connectivity index (χ1) is 12.2. The summed E-state index contributed by atoms with van der Waals surface area (Å²) in [6.07, 6.45) is 1.26. The van der Waals surface area contributed by atoms with Crippen molar-refractivity contribution in [3.8, 4) is 5.75 Å². The first-order valence-electron chi connectivity index (χ1n) is 7.45. The fourth-order valence-electron chi connectivity index (χ4n) is 2.18. The molecule has 1 aromatic heterocycles. The van der Waals surface area contributed by atoms with E-state index in [1.54, 1.807) is 25.3 Å². The molecule has 0 bridgehead atoms. The van der Waals surface area contributed by atoms with E-state index in [4.69, 9.17) is 4.74 Å². The number of para-hydroxylation sites is 3. The number of methoxy groups -OCH3 is 1. The van der Waals surface area contributed by atoms with Crippen LogP contribution in [-0.2, 0) is 0 Å². The molecule has 6 nitrogen and oxygen atoms in total. The number of carbonyl (C=O) groups is 1. The zero-order valence-electron chi connectivity index (χ0n) is 13.4. The average Bonchev–Trinajstić information content (AvgIpc) is 2.64. The third-order valence-corrected chi connectivity index (χ3v) is 3.39. The third kappa shape index (κ3) is 3.89. The van der Waals surface area contributed by atoms with Gasteiger partial charge in [-0.15, -0.1) is 0 Å². The predicted octanol–water partition coefficient (Wildman–Crippen LogP) is 3.62. The van der Waals surface area contributed by atoms with E-state index in [0.29, 0.717) is 17.3 Å². The van der Waals surface area contributed by atoms with Gasteiger partial charge in [-0.1, -0.05) is 24.3 Å². The number of ether oxygens (including phenoxy) is 1. The summed E-state index contributed by atoms with van der Waals surface area (Å²) in [4.78, 5) is 20.3. The first kappa shape index (κ1) is 16.4. The van der Waals surface area contributed by atoms with Crippen molar-refractivity contribution in [2.75, 3.05) is 17.7 Å². The van der Waals surface area contributed by atoms with Gasteiger partial charge >= 0.3 is 0 Å². The molecule has 3 aromatic rings. The van der Waals surface area contributed by atoms with Crippen LogP contribution in [0.5, 0.6) is 5.75 Å². The number of amides is 1. The number of anilines is 3. The lowest BCUT2D eigenvalue weighted by atomic mass is 10.2. The number of halogens is 1. The maximum Gasteiger partial charge on any atom is 0.274 e. The lowest BCUT2D eigenvalue weighted by Gasteiger charge is -2.11. The largest absolute Gasteiger partial charge is 0.495 e. The van der Waals surface area contributed by atoms with Crippen LogP contribution in [0, 0.1) is 5.82 Å². The van der Waals surface area contributed by atoms with Gasteiger partial charge < -0.3 is 15.4 Å². The minimum Gasteiger partial charge on any atom is -0.495 e. The second-order valence-electron chi connectivity index (χ2n) is 5.05. The van der Waals surface area contributed by atoms with Gasteiger partial charge in [0, 0.05) is 6.07 Å². The lowest BCUT2D eigenvalue weighted by Crippen LogP contribution is -2.15. The quantitative estimate of drug-likeness (QED) is 0.743. The van der Waals surface area contributed by atoms with Gasteiger partial charge in [-0.2, -0.15) is 0 Å². The molecule has 0 atom stereocenters. The average molecular weight is 338 g/mol. The van der Waals surface area contributed by atoms with Crippen LogP contribution in [0.1, 0.15) is 10.5 Å². The normalized spacial score (nSPS) is 10.2. The molecule has 2 aromatic carbocycles. The molecular formula is C18H15FN4O2. The Labute approximate surface area is 143 Å². The van der Waals surface area contributed by atoms with Gasteiger partial charge in [-0.25, -0.2) is 14.4 Å². The van der Waals surface area contributed by atoms with E-state index in [1.165, 1.54) is 24.5 Å². The molecule has 126 valence electrons. The molecule has 2 N–H and O–H groups in total. The van der Waals surface area contributed by atoms with Crippen LogP contribution in [0.4, 0.5) is 21.6 Å². The summed E-state index contributed by atoms with van der Waals surface area (Å²) >= 11 is 0. The molecule has 0 saturated carbocycles. The zero-order valence-corrected chi connectivity index (χ0v) is 13.4. The molecular weight excluding hydrogens is 323 g/mol. The molecule has 0 unspecified atom stereocenters. The molecule has 0 aliphatic heterocycles. The van der Waals surface area contributed by atoms with Crippen LogP contribution in [0.15, 0.2) is 60.9 Å². The summed E-state index contributed by atoms with van der Waals surface area (Å²) in [5.41, 5.74) is 0.894. The van der Waals surface area contributed by atoms with E-state index in [1.807, 2.05) is 18.2 Å². The molecule has 0 aliphatic rings. The fraction of sp³-hybridized carbons (Fsp3) is 0.0556. The summed E-state index contributed by atoms with van der Waals surface area (Å²) in [7, 11) is 1.56. The molecule has 0 radical (unpaired) electrons. The Hall–Kier alpha value is -3.48. The Bertz CT molecular complexity index is 902. The van der Waals surface area contributed by atoms with Crippen molar-refractivity contribution in [2.45, 2.75) is 0 Å². The number of aromatic nitrogens is 2. The van der Waals surface area contributed by atoms with E-state index >= 15 is 0 Å². The van der Waals surface area contributed by atoms with E-state index < -0.39 is 11.7 Å². The highest BCUT2D eigenvalue weighted by Crippen LogP contribution is 2.26. The maximum atomic E-state index is 13.6. The van der Waals surface area contributed by atoms with Gasteiger partial charge in [0.15, 0.2) is 0 Å². The number of carbonyl (C=O) groups excluding carboxylic acids is 1. The number of nitrogens with zero attached hydrogens (tertiary/aromatic N) is 2. The van der Waals surface area contributed by atoms with Crippen LogP contribution < -0.4 is 15.4 Å². The van der Waals surface area contributed by atoms with Crippen molar-refractivity contribution in [3.05, 3.63) is 72.4 Å². The van der Waals surface area contributed by atoms with Crippen molar-refractivity contribution < 1.29 is 13.9 Å². The van der Waals surface area contributed by atoms with Gasteiger partial charge in [0.2, 0.25) is 0 Å². The number of hydrogen-bond acceptors (Lipinski definition) is 5.